The quantitative estimate of drug-likeness (QED) is 0.723. The monoisotopic (exact) mass is 405 g/mol. The van der Waals surface area contributed by atoms with Crippen LogP contribution in [0.25, 0.3) is 11.0 Å². The molecule has 1 N–H and O–H groups in total. The van der Waals surface area contributed by atoms with Crippen molar-refractivity contribution in [2.75, 3.05) is 29.4 Å². The molecule has 0 saturated carbocycles. The van der Waals surface area contributed by atoms with Crippen LogP contribution in [-0.2, 0) is 20.0 Å². The second-order valence-corrected chi connectivity index (χ2v) is 9.65. The second kappa shape index (κ2) is 7.23. The van der Waals surface area contributed by atoms with Gasteiger partial charge in [-0.3, -0.25) is 4.68 Å². The van der Waals surface area contributed by atoms with E-state index in [-0.39, 0.29) is 5.54 Å². The van der Waals surface area contributed by atoms with E-state index in [2.05, 4.69) is 71.4 Å². The minimum atomic E-state index is 0.142. The van der Waals surface area contributed by atoms with Gasteiger partial charge in [0.05, 0.1) is 16.7 Å². The average Bonchev–Trinajstić information content (AvgIpc) is 3.30. The number of rotatable bonds is 3. The number of hydrogen-bond acceptors (Lipinski definition) is 6. The Bertz CT molecular complexity index is 1070. The van der Waals surface area contributed by atoms with Gasteiger partial charge in [-0.15, -0.1) is 0 Å². The molecule has 0 aliphatic carbocycles. The van der Waals surface area contributed by atoms with Gasteiger partial charge < -0.3 is 15.1 Å². The molecule has 0 aromatic carbocycles. The summed E-state index contributed by atoms with van der Waals surface area (Å²) in [5, 5.41) is 8.27. The molecule has 2 aliphatic heterocycles. The molecular weight excluding hydrogens is 374 g/mol. The average molecular weight is 406 g/mol. The molecule has 1 atom stereocenters. The Kier molecular flexibility index (Phi) is 4.65. The molecule has 3 aromatic heterocycles. The maximum absolute atomic E-state index is 4.92. The predicted octanol–water partition coefficient (Wildman–Crippen LogP) is 2.89. The van der Waals surface area contributed by atoms with E-state index in [9.17, 15) is 0 Å². The first-order chi connectivity index (χ1) is 14.3. The molecule has 1 saturated heterocycles. The summed E-state index contributed by atoms with van der Waals surface area (Å²) < 4.78 is 1.91. The van der Waals surface area contributed by atoms with Crippen LogP contribution in [0.3, 0.4) is 0 Å². The van der Waals surface area contributed by atoms with Crippen LogP contribution >= 0.6 is 0 Å². The lowest BCUT2D eigenvalue weighted by Crippen LogP contribution is -2.44. The van der Waals surface area contributed by atoms with Crippen LogP contribution in [-0.4, -0.2) is 51.0 Å². The van der Waals surface area contributed by atoms with Crippen LogP contribution in [0.15, 0.2) is 30.5 Å². The molecule has 5 heterocycles. The number of anilines is 2. The first-order valence-electron chi connectivity index (χ1n) is 10.9. The Morgan fingerprint density at radius 2 is 1.67 bits per heavy atom. The van der Waals surface area contributed by atoms with Crippen molar-refractivity contribution in [3.05, 3.63) is 41.7 Å². The van der Waals surface area contributed by atoms with Gasteiger partial charge in [-0.1, -0.05) is 0 Å². The van der Waals surface area contributed by atoms with Gasteiger partial charge in [0.1, 0.15) is 11.6 Å². The van der Waals surface area contributed by atoms with Crippen molar-refractivity contribution in [2.24, 2.45) is 7.05 Å². The van der Waals surface area contributed by atoms with Gasteiger partial charge in [-0.25, -0.2) is 9.97 Å². The molecular formula is C23H31N7. The highest BCUT2D eigenvalue weighted by molar-refractivity contribution is 5.78. The third-order valence-corrected chi connectivity index (χ3v) is 5.96. The number of aryl methyl sites for hydroxylation is 1. The SMILES string of the molecule is Cn1cc2c(n1)CCN(c1ccc3nc(N4CCC(NC(C)(C)C)C4)ccc3n1)C2. The third kappa shape index (κ3) is 3.86. The maximum Gasteiger partial charge on any atom is 0.129 e. The van der Waals surface area contributed by atoms with Crippen LogP contribution < -0.4 is 15.1 Å². The number of aromatic nitrogens is 4. The molecule has 0 bridgehead atoms. The minimum absolute atomic E-state index is 0.142. The van der Waals surface area contributed by atoms with Gasteiger partial charge in [0.25, 0.3) is 0 Å². The zero-order valence-corrected chi connectivity index (χ0v) is 18.4. The first kappa shape index (κ1) is 19.3. The highest BCUT2D eigenvalue weighted by Crippen LogP contribution is 2.26. The van der Waals surface area contributed by atoms with E-state index >= 15 is 0 Å². The first-order valence-corrected chi connectivity index (χ1v) is 10.9. The summed E-state index contributed by atoms with van der Waals surface area (Å²) in [6.45, 7) is 10.5. The van der Waals surface area contributed by atoms with E-state index in [4.69, 9.17) is 9.97 Å². The van der Waals surface area contributed by atoms with Crippen molar-refractivity contribution >= 4 is 22.7 Å². The van der Waals surface area contributed by atoms with E-state index in [1.165, 1.54) is 11.3 Å². The van der Waals surface area contributed by atoms with Crippen LogP contribution in [0.5, 0.6) is 0 Å². The molecule has 7 heteroatoms. The van der Waals surface area contributed by atoms with Crippen molar-refractivity contribution in [3.8, 4) is 0 Å². The molecule has 30 heavy (non-hydrogen) atoms. The smallest absolute Gasteiger partial charge is 0.129 e. The summed E-state index contributed by atoms with van der Waals surface area (Å²) in [5.41, 5.74) is 4.57. The molecule has 3 aromatic rings. The largest absolute Gasteiger partial charge is 0.355 e. The van der Waals surface area contributed by atoms with E-state index in [1.807, 2.05) is 11.7 Å². The number of hydrogen-bond donors (Lipinski definition) is 1. The third-order valence-electron chi connectivity index (χ3n) is 5.96. The normalized spacial score (nSPS) is 19.5. The van der Waals surface area contributed by atoms with Crippen molar-refractivity contribution in [1.29, 1.82) is 0 Å². The molecule has 5 rings (SSSR count). The Morgan fingerprint density at radius 1 is 0.967 bits per heavy atom. The number of pyridine rings is 2. The van der Waals surface area contributed by atoms with E-state index in [1.54, 1.807) is 0 Å². The summed E-state index contributed by atoms with van der Waals surface area (Å²) in [5.74, 6) is 2.07. The Labute approximate surface area is 178 Å². The van der Waals surface area contributed by atoms with Gasteiger partial charge in [0.2, 0.25) is 0 Å². The van der Waals surface area contributed by atoms with Crippen molar-refractivity contribution < 1.29 is 0 Å². The van der Waals surface area contributed by atoms with Gasteiger partial charge in [0, 0.05) is 63.0 Å². The van der Waals surface area contributed by atoms with E-state index in [0.717, 1.165) is 61.7 Å². The molecule has 0 radical (unpaired) electrons. The lowest BCUT2D eigenvalue weighted by atomic mass is 10.1. The molecule has 1 fully saturated rings. The van der Waals surface area contributed by atoms with Crippen molar-refractivity contribution in [1.82, 2.24) is 25.1 Å². The lowest BCUT2D eigenvalue weighted by Gasteiger charge is -2.27. The molecule has 158 valence electrons. The molecule has 2 aliphatic rings. The van der Waals surface area contributed by atoms with Crippen molar-refractivity contribution in [3.63, 3.8) is 0 Å². The fraction of sp³-hybridized carbons (Fsp3) is 0.522. The van der Waals surface area contributed by atoms with Gasteiger partial charge >= 0.3 is 0 Å². The summed E-state index contributed by atoms with van der Waals surface area (Å²) in [7, 11) is 1.99. The standard InChI is InChI=1S/C23H31N7/c1-23(2,3)26-17-9-11-30(15-17)22-8-6-19-20(25-22)5-7-21(24-19)29-12-10-18-16(14-29)13-28(4)27-18/h5-8,13,17,26H,9-12,14-15H2,1-4H3. The van der Waals surface area contributed by atoms with Gasteiger partial charge in [0.15, 0.2) is 0 Å². The number of nitrogens with one attached hydrogen (secondary N) is 1. The fourth-order valence-electron chi connectivity index (χ4n) is 4.69. The molecule has 0 spiro atoms. The van der Waals surface area contributed by atoms with Crippen LogP contribution in [0.1, 0.15) is 38.4 Å². The second-order valence-electron chi connectivity index (χ2n) is 9.65. The predicted molar refractivity (Wildman–Crippen MR) is 121 cm³/mol. The van der Waals surface area contributed by atoms with E-state index < -0.39 is 0 Å². The van der Waals surface area contributed by atoms with E-state index in [0.29, 0.717) is 6.04 Å². The van der Waals surface area contributed by atoms with Gasteiger partial charge in [-0.2, -0.15) is 5.10 Å². The summed E-state index contributed by atoms with van der Waals surface area (Å²) in [6.07, 6.45) is 4.24. The van der Waals surface area contributed by atoms with Crippen molar-refractivity contribution in [2.45, 2.75) is 51.7 Å². The minimum Gasteiger partial charge on any atom is -0.355 e. The summed E-state index contributed by atoms with van der Waals surface area (Å²) in [4.78, 5) is 14.5. The number of fused-ring (bicyclic) bond motifs is 2. The highest BCUT2D eigenvalue weighted by atomic mass is 15.3. The molecule has 7 nitrogen and oxygen atoms in total. The summed E-state index contributed by atoms with van der Waals surface area (Å²) in [6, 6.07) is 8.97. The lowest BCUT2D eigenvalue weighted by molar-refractivity contribution is 0.373. The van der Waals surface area contributed by atoms with Gasteiger partial charge in [-0.05, 0) is 51.5 Å². The van der Waals surface area contributed by atoms with Crippen LogP contribution in [0, 0.1) is 0 Å². The maximum atomic E-state index is 4.92. The zero-order valence-electron chi connectivity index (χ0n) is 18.4. The molecule has 1 unspecified atom stereocenters. The fourth-order valence-corrected chi connectivity index (χ4v) is 4.69. The van der Waals surface area contributed by atoms with Crippen LogP contribution in [0.4, 0.5) is 11.6 Å². The summed E-state index contributed by atoms with van der Waals surface area (Å²) >= 11 is 0. The zero-order chi connectivity index (χ0) is 20.9. The Morgan fingerprint density at radius 3 is 2.37 bits per heavy atom. The Balaban J connectivity index is 1.32. The Hall–Kier alpha value is -2.67. The van der Waals surface area contributed by atoms with Crippen LogP contribution in [0.2, 0.25) is 0 Å². The highest BCUT2D eigenvalue weighted by Gasteiger charge is 2.27. The molecule has 0 amide bonds. The topological polar surface area (TPSA) is 62.1 Å². The number of nitrogens with zero attached hydrogens (tertiary/aromatic N) is 6.